The van der Waals surface area contributed by atoms with Crippen LogP contribution in [0.15, 0.2) is 59.5 Å². The molecule has 23 heavy (non-hydrogen) atoms. The lowest BCUT2D eigenvalue weighted by atomic mass is 10.1. The molecule has 0 aromatic heterocycles. The van der Waals surface area contributed by atoms with E-state index in [4.69, 9.17) is 10.5 Å². The SMILES string of the molecule is C[C@H](N)C(=O)O[C@@H](C)[C@H](Sc1ccccc1)c1ccc(F)cc1. The molecular weight excluding hydrogens is 313 g/mol. The number of carbonyl (C=O) groups excluding carboxylic acids is 1. The summed E-state index contributed by atoms with van der Waals surface area (Å²) in [5.74, 6) is -0.740. The molecule has 0 aliphatic carbocycles. The number of esters is 1. The molecule has 0 amide bonds. The largest absolute Gasteiger partial charge is 0.460 e. The van der Waals surface area contributed by atoms with Crippen LogP contribution in [0.25, 0.3) is 0 Å². The van der Waals surface area contributed by atoms with E-state index in [1.807, 2.05) is 37.3 Å². The predicted molar refractivity (Wildman–Crippen MR) is 90.6 cm³/mol. The monoisotopic (exact) mass is 333 g/mol. The lowest BCUT2D eigenvalue weighted by molar-refractivity contribution is -0.149. The molecule has 0 spiro atoms. The van der Waals surface area contributed by atoms with Gasteiger partial charge in [0, 0.05) is 4.90 Å². The van der Waals surface area contributed by atoms with Crippen LogP contribution >= 0.6 is 11.8 Å². The fourth-order valence-corrected chi connectivity index (χ4v) is 3.23. The van der Waals surface area contributed by atoms with Crippen LogP contribution in [0.2, 0.25) is 0 Å². The van der Waals surface area contributed by atoms with Crippen molar-refractivity contribution in [2.24, 2.45) is 5.73 Å². The number of nitrogens with two attached hydrogens (primary N) is 1. The van der Waals surface area contributed by atoms with Crippen molar-refractivity contribution in [2.75, 3.05) is 0 Å². The average Bonchev–Trinajstić information content (AvgIpc) is 2.54. The van der Waals surface area contributed by atoms with E-state index in [2.05, 4.69) is 0 Å². The van der Waals surface area contributed by atoms with Crippen molar-refractivity contribution in [3.05, 3.63) is 66.0 Å². The standard InChI is InChI=1S/C18H20FNO2S/c1-12(20)18(21)22-13(2)17(14-8-10-15(19)11-9-14)23-16-6-4-3-5-7-16/h3-13,17H,20H2,1-2H3/t12-,13-,17-/m0/s1. The number of carbonyl (C=O) groups is 1. The molecule has 122 valence electrons. The van der Waals surface area contributed by atoms with Crippen LogP contribution in [0.3, 0.4) is 0 Å². The zero-order valence-corrected chi connectivity index (χ0v) is 13.9. The number of hydrogen-bond acceptors (Lipinski definition) is 4. The van der Waals surface area contributed by atoms with Gasteiger partial charge in [0.15, 0.2) is 0 Å². The second-order valence-corrected chi connectivity index (χ2v) is 6.55. The summed E-state index contributed by atoms with van der Waals surface area (Å²) in [6.07, 6.45) is -0.399. The Bertz CT molecular complexity index is 631. The summed E-state index contributed by atoms with van der Waals surface area (Å²) in [6.45, 7) is 3.41. The number of hydrogen-bond donors (Lipinski definition) is 1. The molecule has 2 aromatic carbocycles. The number of halogens is 1. The third-order valence-corrected chi connectivity index (χ3v) is 4.76. The van der Waals surface area contributed by atoms with Gasteiger partial charge in [0.05, 0.1) is 5.25 Å². The topological polar surface area (TPSA) is 52.3 Å². The van der Waals surface area contributed by atoms with Crippen molar-refractivity contribution >= 4 is 17.7 Å². The second-order valence-electron chi connectivity index (χ2n) is 5.33. The Morgan fingerprint density at radius 2 is 1.70 bits per heavy atom. The van der Waals surface area contributed by atoms with Crippen molar-refractivity contribution in [2.45, 2.75) is 36.1 Å². The highest BCUT2D eigenvalue weighted by atomic mass is 32.2. The maximum absolute atomic E-state index is 13.2. The van der Waals surface area contributed by atoms with E-state index in [-0.39, 0.29) is 11.1 Å². The quantitative estimate of drug-likeness (QED) is 0.643. The summed E-state index contributed by atoms with van der Waals surface area (Å²) in [5.41, 5.74) is 6.46. The van der Waals surface area contributed by atoms with Crippen LogP contribution < -0.4 is 5.73 Å². The Morgan fingerprint density at radius 1 is 1.09 bits per heavy atom. The zero-order chi connectivity index (χ0) is 16.8. The molecule has 0 radical (unpaired) electrons. The number of rotatable bonds is 6. The summed E-state index contributed by atoms with van der Waals surface area (Å²) in [7, 11) is 0. The van der Waals surface area contributed by atoms with E-state index in [9.17, 15) is 9.18 Å². The van der Waals surface area contributed by atoms with E-state index in [1.165, 1.54) is 12.1 Å². The minimum atomic E-state index is -0.673. The third-order valence-electron chi connectivity index (χ3n) is 3.30. The second kappa shape index (κ2) is 8.13. The van der Waals surface area contributed by atoms with E-state index < -0.39 is 18.1 Å². The minimum Gasteiger partial charge on any atom is -0.460 e. The first kappa shape index (κ1) is 17.5. The summed E-state index contributed by atoms with van der Waals surface area (Å²) in [4.78, 5) is 12.8. The first-order valence-electron chi connectivity index (χ1n) is 7.40. The molecule has 2 rings (SSSR count). The molecule has 2 aromatic rings. The van der Waals surface area contributed by atoms with Gasteiger partial charge in [-0.1, -0.05) is 30.3 Å². The fraction of sp³-hybridized carbons (Fsp3) is 0.278. The summed E-state index contributed by atoms with van der Waals surface area (Å²) < 4.78 is 18.6. The van der Waals surface area contributed by atoms with Crippen LogP contribution in [0.1, 0.15) is 24.7 Å². The van der Waals surface area contributed by atoms with Gasteiger partial charge in [-0.05, 0) is 43.7 Å². The van der Waals surface area contributed by atoms with Gasteiger partial charge in [-0.3, -0.25) is 4.79 Å². The van der Waals surface area contributed by atoms with E-state index in [0.29, 0.717) is 0 Å². The van der Waals surface area contributed by atoms with Crippen molar-refractivity contribution in [3.63, 3.8) is 0 Å². The number of ether oxygens (including phenoxy) is 1. The van der Waals surface area contributed by atoms with Gasteiger partial charge in [0.1, 0.15) is 18.0 Å². The Kier molecular flexibility index (Phi) is 6.19. The van der Waals surface area contributed by atoms with Crippen molar-refractivity contribution in [3.8, 4) is 0 Å². The Morgan fingerprint density at radius 3 is 2.26 bits per heavy atom. The van der Waals surface area contributed by atoms with Gasteiger partial charge in [-0.15, -0.1) is 11.8 Å². The fourth-order valence-electron chi connectivity index (χ4n) is 2.09. The smallest absolute Gasteiger partial charge is 0.322 e. The van der Waals surface area contributed by atoms with E-state index >= 15 is 0 Å². The van der Waals surface area contributed by atoms with Crippen molar-refractivity contribution in [1.29, 1.82) is 0 Å². The normalized spacial score (nSPS) is 14.8. The zero-order valence-electron chi connectivity index (χ0n) is 13.1. The van der Waals surface area contributed by atoms with Crippen molar-refractivity contribution < 1.29 is 13.9 Å². The molecular formula is C18H20FNO2S. The third kappa shape index (κ3) is 5.08. The lowest BCUT2D eigenvalue weighted by Gasteiger charge is -2.25. The molecule has 2 N–H and O–H groups in total. The van der Waals surface area contributed by atoms with Gasteiger partial charge >= 0.3 is 5.97 Å². The number of benzene rings is 2. The minimum absolute atomic E-state index is 0.152. The Balaban J connectivity index is 2.23. The molecule has 5 heteroatoms. The van der Waals surface area contributed by atoms with E-state index in [1.54, 1.807) is 30.8 Å². The molecule has 0 saturated heterocycles. The molecule has 0 heterocycles. The predicted octanol–water partition coefficient (Wildman–Crippen LogP) is 3.94. The van der Waals surface area contributed by atoms with Gasteiger partial charge in [0.25, 0.3) is 0 Å². The molecule has 0 bridgehead atoms. The molecule has 0 aliphatic heterocycles. The van der Waals surface area contributed by atoms with Crippen LogP contribution in [-0.2, 0) is 9.53 Å². The van der Waals surface area contributed by atoms with Crippen LogP contribution in [0.4, 0.5) is 4.39 Å². The van der Waals surface area contributed by atoms with Gasteiger partial charge in [0.2, 0.25) is 0 Å². The van der Waals surface area contributed by atoms with Crippen LogP contribution in [-0.4, -0.2) is 18.1 Å². The highest BCUT2D eigenvalue weighted by molar-refractivity contribution is 7.99. The molecule has 0 unspecified atom stereocenters. The Labute approximate surface area is 140 Å². The lowest BCUT2D eigenvalue weighted by Crippen LogP contribution is -2.33. The first-order chi connectivity index (χ1) is 11.0. The molecule has 3 atom stereocenters. The molecule has 0 saturated carbocycles. The summed E-state index contributed by atoms with van der Waals surface area (Å²) >= 11 is 1.57. The number of thioether (sulfide) groups is 1. The molecule has 0 fully saturated rings. The van der Waals surface area contributed by atoms with Gasteiger partial charge < -0.3 is 10.5 Å². The highest BCUT2D eigenvalue weighted by Crippen LogP contribution is 2.39. The maximum atomic E-state index is 13.2. The first-order valence-corrected chi connectivity index (χ1v) is 8.28. The van der Waals surface area contributed by atoms with E-state index in [0.717, 1.165) is 10.5 Å². The van der Waals surface area contributed by atoms with Crippen LogP contribution in [0, 0.1) is 5.82 Å². The average molecular weight is 333 g/mol. The molecule has 0 aliphatic rings. The maximum Gasteiger partial charge on any atom is 0.322 e. The molecule has 3 nitrogen and oxygen atoms in total. The van der Waals surface area contributed by atoms with Crippen molar-refractivity contribution in [1.82, 2.24) is 0 Å². The summed E-state index contributed by atoms with van der Waals surface area (Å²) in [5, 5.41) is -0.152. The van der Waals surface area contributed by atoms with Gasteiger partial charge in [-0.2, -0.15) is 0 Å². The Hall–Kier alpha value is -1.85. The van der Waals surface area contributed by atoms with Crippen LogP contribution in [0.5, 0.6) is 0 Å². The summed E-state index contributed by atoms with van der Waals surface area (Å²) in [6, 6.07) is 15.4. The highest BCUT2D eigenvalue weighted by Gasteiger charge is 2.25. The van der Waals surface area contributed by atoms with Gasteiger partial charge in [-0.25, -0.2) is 4.39 Å².